The van der Waals surface area contributed by atoms with E-state index in [0.717, 1.165) is 22.4 Å². The van der Waals surface area contributed by atoms with Gasteiger partial charge in [-0.3, -0.25) is 10.1 Å². The van der Waals surface area contributed by atoms with Gasteiger partial charge >= 0.3 is 0 Å². The zero-order valence-electron chi connectivity index (χ0n) is 16.1. The van der Waals surface area contributed by atoms with E-state index in [1.54, 1.807) is 6.08 Å². The van der Waals surface area contributed by atoms with E-state index in [9.17, 15) is 4.79 Å². The summed E-state index contributed by atoms with van der Waals surface area (Å²) < 4.78 is 0. The Morgan fingerprint density at radius 1 is 0.759 bits per heavy atom. The summed E-state index contributed by atoms with van der Waals surface area (Å²) in [6, 6.07) is 25.9. The van der Waals surface area contributed by atoms with E-state index in [2.05, 4.69) is 34.9 Å². The molecule has 2 N–H and O–H groups in total. The molecule has 0 aliphatic carbocycles. The van der Waals surface area contributed by atoms with Gasteiger partial charge in [0.15, 0.2) is 5.11 Å². The van der Waals surface area contributed by atoms with Crippen LogP contribution in [0.1, 0.15) is 22.3 Å². The average molecular weight is 399 g/mol. The Hall–Kier alpha value is -3.50. The fourth-order valence-electron chi connectivity index (χ4n) is 2.60. The van der Waals surface area contributed by atoms with Gasteiger partial charge in [-0.1, -0.05) is 84.4 Å². The number of carbonyl (C=O) groups excluding carboxylic acids is 1. The molecule has 29 heavy (non-hydrogen) atoms. The molecule has 0 aromatic heterocycles. The van der Waals surface area contributed by atoms with Crippen LogP contribution < -0.4 is 10.6 Å². The molecule has 0 aliphatic heterocycles. The fraction of sp³-hybridized carbons (Fsp3) is 0.0400. The molecule has 144 valence electrons. The van der Waals surface area contributed by atoms with Gasteiger partial charge in [0.1, 0.15) is 0 Å². The van der Waals surface area contributed by atoms with Crippen LogP contribution in [-0.4, -0.2) is 11.0 Å². The molecule has 3 nitrogen and oxygen atoms in total. The molecule has 0 bridgehead atoms. The van der Waals surface area contributed by atoms with Crippen molar-refractivity contribution in [1.29, 1.82) is 0 Å². The van der Waals surface area contributed by atoms with E-state index in [-0.39, 0.29) is 11.0 Å². The van der Waals surface area contributed by atoms with Crippen molar-refractivity contribution in [2.45, 2.75) is 6.92 Å². The summed E-state index contributed by atoms with van der Waals surface area (Å²) >= 11 is 5.22. The normalized spacial score (nSPS) is 10.9. The summed E-state index contributed by atoms with van der Waals surface area (Å²) in [5.74, 6) is -0.273. The first kappa shape index (κ1) is 20.2. The topological polar surface area (TPSA) is 41.1 Å². The van der Waals surface area contributed by atoms with Gasteiger partial charge < -0.3 is 5.32 Å². The van der Waals surface area contributed by atoms with Crippen molar-refractivity contribution in [3.8, 4) is 0 Å². The third kappa shape index (κ3) is 6.87. The van der Waals surface area contributed by atoms with Crippen molar-refractivity contribution in [1.82, 2.24) is 5.32 Å². The molecule has 0 fully saturated rings. The van der Waals surface area contributed by atoms with Crippen molar-refractivity contribution < 1.29 is 4.79 Å². The summed E-state index contributed by atoms with van der Waals surface area (Å²) in [7, 11) is 0. The van der Waals surface area contributed by atoms with E-state index >= 15 is 0 Å². The van der Waals surface area contributed by atoms with Crippen molar-refractivity contribution in [2.24, 2.45) is 0 Å². The predicted molar refractivity (Wildman–Crippen MR) is 126 cm³/mol. The highest BCUT2D eigenvalue weighted by atomic mass is 32.1. The Labute approximate surface area is 176 Å². The third-order valence-electron chi connectivity index (χ3n) is 4.18. The predicted octanol–water partition coefficient (Wildman–Crippen LogP) is 5.69. The first-order chi connectivity index (χ1) is 14.1. The van der Waals surface area contributed by atoms with Crippen LogP contribution in [0.3, 0.4) is 0 Å². The number of benzene rings is 3. The van der Waals surface area contributed by atoms with E-state index < -0.39 is 0 Å². The molecule has 0 spiro atoms. The molecule has 0 aliphatic rings. The largest absolute Gasteiger partial charge is 0.332 e. The zero-order chi connectivity index (χ0) is 20.5. The monoisotopic (exact) mass is 398 g/mol. The van der Waals surface area contributed by atoms with E-state index in [0.29, 0.717) is 0 Å². The molecule has 0 atom stereocenters. The molecule has 4 heteroatoms. The summed E-state index contributed by atoms with van der Waals surface area (Å²) in [5, 5.41) is 5.93. The van der Waals surface area contributed by atoms with Crippen molar-refractivity contribution in [3.05, 3.63) is 107 Å². The molecule has 3 rings (SSSR count). The molecule has 0 heterocycles. The SMILES string of the molecule is Cc1ccc(/C=C/C(=O)NC(=S)Nc2ccc(/C=C/c3ccccc3)cc2)cc1. The highest BCUT2D eigenvalue weighted by Crippen LogP contribution is 2.13. The smallest absolute Gasteiger partial charge is 0.250 e. The second kappa shape index (κ2) is 10.2. The summed E-state index contributed by atoms with van der Waals surface area (Å²) in [5.41, 5.74) is 5.18. The number of nitrogens with one attached hydrogen (secondary N) is 2. The molecule has 3 aromatic rings. The first-order valence-corrected chi connectivity index (χ1v) is 9.69. The number of carbonyl (C=O) groups is 1. The first-order valence-electron chi connectivity index (χ1n) is 9.28. The maximum absolute atomic E-state index is 12.0. The lowest BCUT2D eigenvalue weighted by atomic mass is 10.1. The van der Waals surface area contributed by atoms with E-state index in [4.69, 9.17) is 12.2 Å². The Morgan fingerprint density at radius 3 is 1.97 bits per heavy atom. The number of thiocarbonyl (C=S) groups is 1. The Bertz CT molecular complexity index is 1020. The van der Waals surface area contributed by atoms with Crippen LogP contribution in [0, 0.1) is 6.92 Å². The lowest BCUT2D eigenvalue weighted by molar-refractivity contribution is -0.115. The Kier molecular flexibility index (Phi) is 7.09. The van der Waals surface area contributed by atoms with Crippen LogP contribution in [0.2, 0.25) is 0 Å². The minimum absolute atomic E-state index is 0.260. The van der Waals surface area contributed by atoms with Gasteiger partial charge in [0, 0.05) is 11.8 Å². The Morgan fingerprint density at radius 2 is 1.31 bits per heavy atom. The summed E-state index contributed by atoms with van der Waals surface area (Å²) in [6.07, 6.45) is 7.34. The maximum atomic E-state index is 12.0. The van der Waals surface area contributed by atoms with Crippen LogP contribution in [0.15, 0.2) is 84.9 Å². The van der Waals surface area contributed by atoms with Gasteiger partial charge in [-0.15, -0.1) is 0 Å². The highest BCUT2D eigenvalue weighted by Gasteiger charge is 2.01. The summed E-state index contributed by atoms with van der Waals surface area (Å²) in [6.45, 7) is 2.02. The van der Waals surface area contributed by atoms with Gasteiger partial charge in [0.25, 0.3) is 0 Å². The van der Waals surface area contributed by atoms with Crippen molar-refractivity contribution >= 4 is 47.2 Å². The Balaban J connectivity index is 1.50. The van der Waals surface area contributed by atoms with Crippen molar-refractivity contribution in [2.75, 3.05) is 5.32 Å². The second-order valence-corrected chi connectivity index (χ2v) is 6.96. The standard InChI is InChI=1S/C25H22N2OS/c1-19-7-9-21(10-8-19)15-18-24(28)27-25(29)26-23-16-13-22(14-17-23)12-11-20-5-3-2-4-6-20/h2-18H,1H3,(H2,26,27,28,29)/b12-11+,18-15+. The third-order valence-corrected chi connectivity index (χ3v) is 4.38. The van der Waals surface area contributed by atoms with E-state index in [1.165, 1.54) is 11.6 Å². The fourth-order valence-corrected chi connectivity index (χ4v) is 2.82. The van der Waals surface area contributed by atoms with Gasteiger partial charge in [-0.05, 0) is 54.0 Å². The van der Waals surface area contributed by atoms with Gasteiger partial charge in [-0.25, -0.2) is 0 Å². The summed E-state index contributed by atoms with van der Waals surface area (Å²) in [4.78, 5) is 12.0. The van der Waals surface area contributed by atoms with Gasteiger partial charge in [-0.2, -0.15) is 0 Å². The molecule has 0 saturated heterocycles. The number of hydrogen-bond donors (Lipinski definition) is 2. The van der Waals surface area contributed by atoms with Gasteiger partial charge in [0.2, 0.25) is 5.91 Å². The number of rotatable bonds is 5. The quantitative estimate of drug-likeness (QED) is 0.329. The minimum atomic E-state index is -0.273. The van der Waals surface area contributed by atoms with Gasteiger partial charge in [0.05, 0.1) is 0 Å². The second-order valence-electron chi connectivity index (χ2n) is 6.55. The average Bonchev–Trinajstić information content (AvgIpc) is 2.73. The molecular weight excluding hydrogens is 376 g/mol. The highest BCUT2D eigenvalue weighted by molar-refractivity contribution is 7.80. The molecular formula is C25H22N2OS. The number of anilines is 1. The van der Waals surface area contributed by atoms with Crippen LogP contribution in [0.5, 0.6) is 0 Å². The maximum Gasteiger partial charge on any atom is 0.250 e. The van der Waals surface area contributed by atoms with Crippen LogP contribution in [0.4, 0.5) is 5.69 Å². The number of aryl methyl sites for hydroxylation is 1. The van der Waals surface area contributed by atoms with Crippen LogP contribution in [0.25, 0.3) is 18.2 Å². The molecule has 3 aromatic carbocycles. The molecule has 0 saturated carbocycles. The number of hydrogen-bond acceptors (Lipinski definition) is 2. The zero-order valence-corrected chi connectivity index (χ0v) is 16.9. The minimum Gasteiger partial charge on any atom is -0.332 e. The van der Waals surface area contributed by atoms with Crippen LogP contribution >= 0.6 is 12.2 Å². The number of amides is 1. The molecule has 0 unspecified atom stereocenters. The lowest BCUT2D eigenvalue weighted by Crippen LogP contribution is -2.32. The lowest BCUT2D eigenvalue weighted by Gasteiger charge is -2.08. The van der Waals surface area contributed by atoms with Crippen LogP contribution in [-0.2, 0) is 4.79 Å². The molecule has 0 radical (unpaired) electrons. The van der Waals surface area contributed by atoms with Crippen molar-refractivity contribution in [3.63, 3.8) is 0 Å². The molecule has 1 amide bonds. The van der Waals surface area contributed by atoms with E-state index in [1.807, 2.05) is 73.7 Å².